The Bertz CT molecular complexity index is 849. The molecule has 2 atom stereocenters. The van der Waals surface area contributed by atoms with E-state index in [4.69, 9.17) is 4.74 Å². The van der Waals surface area contributed by atoms with Crippen LogP contribution in [0.15, 0.2) is 54.6 Å². The molecule has 0 bridgehead atoms. The number of rotatable bonds is 9. The Morgan fingerprint density at radius 1 is 1.03 bits per heavy atom. The predicted octanol–water partition coefficient (Wildman–Crippen LogP) is 3.77. The van der Waals surface area contributed by atoms with E-state index in [0.717, 1.165) is 17.5 Å². The zero-order valence-corrected chi connectivity index (χ0v) is 18.1. The van der Waals surface area contributed by atoms with E-state index in [9.17, 15) is 14.4 Å². The first-order valence-electron chi connectivity index (χ1n) is 10.1. The number of likely N-dealkylation sites (N-methyl/N-ethyl adjacent to an activating group) is 1. The van der Waals surface area contributed by atoms with Crippen LogP contribution in [0.5, 0.6) is 0 Å². The van der Waals surface area contributed by atoms with Gasteiger partial charge in [-0.25, -0.2) is 0 Å². The van der Waals surface area contributed by atoms with Gasteiger partial charge in [0.15, 0.2) is 6.61 Å². The summed E-state index contributed by atoms with van der Waals surface area (Å²) in [5, 5.41) is 2.74. The van der Waals surface area contributed by atoms with Crippen molar-refractivity contribution in [1.29, 1.82) is 0 Å². The van der Waals surface area contributed by atoms with E-state index in [-0.39, 0.29) is 18.4 Å². The van der Waals surface area contributed by atoms with Crippen LogP contribution in [0.2, 0.25) is 0 Å². The minimum absolute atomic E-state index is 0.0769. The smallest absolute Gasteiger partial charge is 0.314 e. The maximum atomic E-state index is 12.7. The second-order valence-electron chi connectivity index (χ2n) is 7.55. The minimum atomic E-state index is -0.432. The van der Waals surface area contributed by atoms with Crippen molar-refractivity contribution in [2.24, 2.45) is 5.92 Å². The molecular weight excluding hydrogens is 380 g/mol. The molecule has 1 N–H and O–H groups in total. The Morgan fingerprint density at radius 3 is 2.27 bits per heavy atom. The van der Waals surface area contributed by atoms with Gasteiger partial charge in [-0.1, -0.05) is 68.3 Å². The molecule has 0 aliphatic rings. The molecule has 2 rings (SSSR count). The lowest BCUT2D eigenvalue weighted by atomic mass is 9.86. The van der Waals surface area contributed by atoms with Crippen LogP contribution in [0.4, 0.5) is 5.69 Å². The number of ether oxygens (including phenoxy) is 1. The maximum absolute atomic E-state index is 12.7. The Morgan fingerprint density at radius 2 is 1.67 bits per heavy atom. The second-order valence-corrected chi connectivity index (χ2v) is 7.55. The van der Waals surface area contributed by atoms with Crippen LogP contribution < -0.4 is 5.32 Å². The normalized spacial score (nSPS) is 12.5. The molecule has 0 saturated carbocycles. The average molecular weight is 411 g/mol. The highest BCUT2D eigenvalue weighted by Crippen LogP contribution is 2.28. The van der Waals surface area contributed by atoms with Crippen molar-refractivity contribution in [3.63, 3.8) is 0 Å². The summed E-state index contributed by atoms with van der Waals surface area (Å²) >= 11 is 0. The van der Waals surface area contributed by atoms with Crippen LogP contribution in [0, 0.1) is 12.8 Å². The Labute approximate surface area is 178 Å². The predicted molar refractivity (Wildman–Crippen MR) is 117 cm³/mol. The van der Waals surface area contributed by atoms with Gasteiger partial charge in [-0.15, -0.1) is 0 Å². The summed E-state index contributed by atoms with van der Waals surface area (Å²) < 4.78 is 5.32. The molecule has 0 unspecified atom stereocenters. The van der Waals surface area contributed by atoms with E-state index in [2.05, 4.69) is 5.32 Å². The molecule has 0 aromatic heterocycles. The first-order valence-corrected chi connectivity index (χ1v) is 10.1. The number of aryl methyl sites for hydroxylation is 1. The molecule has 0 saturated heterocycles. The van der Waals surface area contributed by atoms with Crippen LogP contribution in [0.3, 0.4) is 0 Å². The standard InChI is InChI=1S/C24H30N2O4/c1-5-18(3)23(19-9-7-6-8-10-19)24(29)30-16-22(28)26(4)15-21(27)25-20-13-11-17(2)12-14-20/h6-14,18,23H,5,15-16H2,1-4H3,(H,25,27)/t18-,23+/m0/s1. The molecule has 0 heterocycles. The number of esters is 1. The summed E-state index contributed by atoms with van der Waals surface area (Å²) in [6.45, 7) is 5.44. The zero-order chi connectivity index (χ0) is 22.1. The third-order valence-electron chi connectivity index (χ3n) is 5.11. The van der Waals surface area contributed by atoms with E-state index in [1.807, 2.05) is 63.2 Å². The molecule has 0 aliphatic carbocycles. The number of nitrogens with one attached hydrogen (secondary N) is 1. The Kier molecular flexibility index (Phi) is 8.59. The monoisotopic (exact) mass is 410 g/mol. The summed E-state index contributed by atoms with van der Waals surface area (Å²) in [5.41, 5.74) is 2.63. The van der Waals surface area contributed by atoms with Crippen molar-refractivity contribution in [3.8, 4) is 0 Å². The lowest BCUT2D eigenvalue weighted by molar-refractivity contribution is -0.154. The van der Waals surface area contributed by atoms with E-state index < -0.39 is 24.4 Å². The molecule has 0 radical (unpaired) electrons. The van der Waals surface area contributed by atoms with Crippen molar-refractivity contribution in [2.75, 3.05) is 25.5 Å². The molecule has 0 spiro atoms. The van der Waals surface area contributed by atoms with Crippen molar-refractivity contribution in [2.45, 2.75) is 33.1 Å². The number of amides is 2. The molecule has 2 amide bonds. The number of benzene rings is 2. The van der Waals surface area contributed by atoms with Gasteiger partial charge in [0.2, 0.25) is 5.91 Å². The fraction of sp³-hybridized carbons (Fsp3) is 0.375. The largest absolute Gasteiger partial charge is 0.455 e. The third-order valence-corrected chi connectivity index (χ3v) is 5.11. The van der Waals surface area contributed by atoms with Gasteiger partial charge in [-0.05, 0) is 30.5 Å². The summed E-state index contributed by atoms with van der Waals surface area (Å²) in [7, 11) is 1.51. The van der Waals surface area contributed by atoms with Crippen molar-refractivity contribution in [3.05, 3.63) is 65.7 Å². The molecule has 0 aliphatic heterocycles. The number of hydrogen-bond donors (Lipinski definition) is 1. The number of carbonyl (C=O) groups is 3. The molecule has 0 fully saturated rings. The SMILES string of the molecule is CC[C@H](C)[C@@H](C(=O)OCC(=O)N(C)CC(=O)Nc1ccc(C)cc1)c1ccccc1. The summed E-state index contributed by atoms with van der Waals surface area (Å²) in [4.78, 5) is 38.4. The van der Waals surface area contributed by atoms with Gasteiger partial charge in [-0.2, -0.15) is 0 Å². The van der Waals surface area contributed by atoms with Gasteiger partial charge in [0.1, 0.15) is 0 Å². The van der Waals surface area contributed by atoms with Crippen LogP contribution in [-0.4, -0.2) is 42.9 Å². The van der Waals surface area contributed by atoms with Gasteiger partial charge >= 0.3 is 5.97 Å². The van der Waals surface area contributed by atoms with Gasteiger partial charge in [0, 0.05) is 12.7 Å². The van der Waals surface area contributed by atoms with Crippen molar-refractivity contribution in [1.82, 2.24) is 4.90 Å². The fourth-order valence-electron chi connectivity index (χ4n) is 3.07. The molecule has 6 nitrogen and oxygen atoms in total. The highest BCUT2D eigenvalue weighted by molar-refractivity contribution is 5.94. The number of hydrogen-bond acceptors (Lipinski definition) is 4. The van der Waals surface area contributed by atoms with Crippen molar-refractivity contribution < 1.29 is 19.1 Å². The van der Waals surface area contributed by atoms with Crippen LogP contribution in [0.25, 0.3) is 0 Å². The van der Waals surface area contributed by atoms with Gasteiger partial charge in [0.25, 0.3) is 5.91 Å². The van der Waals surface area contributed by atoms with Crippen LogP contribution in [-0.2, 0) is 19.1 Å². The molecule has 160 valence electrons. The molecule has 30 heavy (non-hydrogen) atoms. The first kappa shape index (κ1) is 23.1. The number of carbonyl (C=O) groups excluding carboxylic acids is 3. The second kappa shape index (κ2) is 11.1. The number of anilines is 1. The number of nitrogens with zero attached hydrogens (tertiary/aromatic N) is 1. The van der Waals surface area contributed by atoms with Gasteiger partial charge in [-0.3, -0.25) is 14.4 Å². The van der Waals surface area contributed by atoms with Crippen LogP contribution >= 0.6 is 0 Å². The first-order chi connectivity index (χ1) is 14.3. The molecule has 6 heteroatoms. The maximum Gasteiger partial charge on any atom is 0.314 e. The summed E-state index contributed by atoms with van der Waals surface area (Å²) in [6.07, 6.45) is 0.807. The molecular formula is C24H30N2O4. The Balaban J connectivity index is 1.88. The van der Waals surface area contributed by atoms with E-state index in [0.29, 0.717) is 5.69 Å². The zero-order valence-electron chi connectivity index (χ0n) is 18.1. The lowest BCUT2D eigenvalue weighted by Crippen LogP contribution is -2.38. The topological polar surface area (TPSA) is 75.7 Å². The Hall–Kier alpha value is -3.15. The van der Waals surface area contributed by atoms with Gasteiger partial charge < -0.3 is 15.0 Å². The average Bonchev–Trinajstić information content (AvgIpc) is 2.74. The van der Waals surface area contributed by atoms with Crippen molar-refractivity contribution >= 4 is 23.5 Å². The van der Waals surface area contributed by atoms with Crippen LogP contribution in [0.1, 0.15) is 37.3 Å². The fourth-order valence-corrected chi connectivity index (χ4v) is 3.07. The highest BCUT2D eigenvalue weighted by atomic mass is 16.5. The highest BCUT2D eigenvalue weighted by Gasteiger charge is 2.28. The van der Waals surface area contributed by atoms with E-state index >= 15 is 0 Å². The van der Waals surface area contributed by atoms with E-state index in [1.54, 1.807) is 12.1 Å². The van der Waals surface area contributed by atoms with E-state index in [1.165, 1.54) is 11.9 Å². The summed E-state index contributed by atoms with van der Waals surface area (Å²) in [5.74, 6) is -1.53. The summed E-state index contributed by atoms with van der Waals surface area (Å²) in [6, 6.07) is 16.8. The molecule has 2 aromatic rings. The minimum Gasteiger partial charge on any atom is -0.455 e. The van der Waals surface area contributed by atoms with Gasteiger partial charge in [0.05, 0.1) is 12.5 Å². The third kappa shape index (κ3) is 6.72. The molecule has 2 aromatic carbocycles. The lowest BCUT2D eigenvalue weighted by Gasteiger charge is -2.23. The quantitative estimate of drug-likeness (QED) is 0.639.